The third kappa shape index (κ3) is 3.71. The monoisotopic (exact) mass is 270 g/mol. The molecule has 1 aromatic carbocycles. The number of thioether (sulfide) groups is 1. The lowest BCUT2D eigenvalue weighted by molar-refractivity contribution is -0.137. The molecule has 0 aromatic heterocycles. The fourth-order valence-electron chi connectivity index (χ4n) is 1.70. The van der Waals surface area contributed by atoms with E-state index in [4.69, 9.17) is 9.84 Å². The second kappa shape index (κ2) is 6.20. The first-order chi connectivity index (χ1) is 8.65. The van der Waals surface area contributed by atoms with Crippen LogP contribution in [-0.4, -0.2) is 29.5 Å². The zero-order valence-corrected chi connectivity index (χ0v) is 10.7. The molecule has 1 saturated heterocycles. The van der Waals surface area contributed by atoms with Gasteiger partial charge in [-0.3, -0.25) is 4.79 Å². The van der Waals surface area contributed by atoms with E-state index in [0.717, 1.165) is 5.56 Å². The van der Waals surface area contributed by atoms with Gasteiger partial charge in [0.15, 0.2) is 0 Å². The number of aliphatic carboxylic acids is 1. The Kier molecular flexibility index (Phi) is 4.60. The highest BCUT2D eigenvalue weighted by molar-refractivity contribution is 8.00. The lowest BCUT2D eigenvalue weighted by atomic mass is 10.1. The van der Waals surface area contributed by atoms with Crippen LogP contribution in [0.1, 0.15) is 18.4 Å². The van der Waals surface area contributed by atoms with Crippen molar-refractivity contribution in [2.75, 3.05) is 13.2 Å². The number of carboxylic acids is 1. The van der Waals surface area contributed by atoms with Gasteiger partial charge in [-0.1, -0.05) is 6.07 Å². The minimum Gasteiger partial charge on any atom is -0.481 e. The number of aryl methyl sites for hydroxylation is 1. The normalized spacial score (nSPS) is 15.4. The van der Waals surface area contributed by atoms with Crippen molar-refractivity contribution in [1.29, 1.82) is 0 Å². The highest BCUT2D eigenvalue weighted by Gasteiger charge is 2.21. The van der Waals surface area contributed by atoms with Gasteiger partial charge in [0.2, 0.25) is 0 Å². The van der Waals surface area contributed by atoms with E-state index in [-0.39, 0.29) is 12.2 Å². The topological polar surface area (TPSA) is 46.5 Å². The Morgan fingerprint density at radius 2 is 2.28 bits per heavy atom. The maximum absolute atomic E-state index is 13.8. The van der Waals surface area contributed by atoms with Gasteiger partial charge in [-0.2, -0.15) is 0 Å². The van der Waals surface area contributed by atoms with Crippen molar-refractivity contribution in [3.8, 4) is 0 Å². The Morgan fingerprint density at radius 1 is 1.50 bits per heavy atom. The van der Waals surface area contributed by atoms with Crippen molar-refractivity contribution in [1.82, 2.24) is 0 Å². The zero-order valence-electron chi connectivity index (χ0n) is 9.89. The van der Waals surface area contributed by atoms with Crippen LogP contribution in [0, 0.1) is 5.82 Å². The highest BCUT2D eigenvalue weighted by atomic mass is 32.2. The van der Waals surface area contributed by atoms with Gasteiger partial charge in [0.05, 0.1) is 18.5 Å². The van der Waals surface area contributed by atoms with Crippen LogP contribution in [0.5, 0.6) is 0 Å². The highest BCUT2D eigenvalue weighted by Crippen LogP contribution is 2.30. The van der Waals surface area contributed by atoms with Crippen LogP contribution in [0.15, 0.2) is 23.1 Å². The molecule has 0 spiro atoms. The average molecular weight is 270 g/mol. The summed E-state index contributed by atoms with van der Waals surface area (Å²) in [5, 5.41) is 8.89. The largest absolute Gasteiger partial charge is 0.481 e. The molecular formula is C13H15FO3S. The molecule has 1 aromatic rings. The number of halogens is 1. The first kappa shape index (κ1) is 13.4. The third-order valence-electron chi connectivity index (χ3n) is 2.75. The van der Waals surface area contributed by atoms with Gasteiger partial charge in [0.1, 0.15) is 5.82 Å². The molecule has 0 amide bonds. The zero-order chi connectivity index (χ0) is 13.0. The van der Waals surface area contributed by atoms with Crippen molar-refractivity contribution in [2.45, 2.75) is 29.4 Å². The summed E-state index contributed by atoms with van der Waals surface area (Å²) in [6.07, 6.45) is 1.26. The molecular weight excluding hydrogens is 255 g/mol. The quantitative estimate of drug-likeness (QED) is 0.863. The fourth-order valence-corrected chi connectivity index (χ4v) is 2.71. The molecule has 1 aliphatic rings. The van der Waals surface area contributed by atoms with Crippen molar-refractivity contribution in [3.05, 3.63) is 29.6 Å². The minimum atomic E-state index is -0.812. The molecule has 98 valence electrons. The molecule has 5 heteroatoms. The van der Waals surface area contributed by atoms with E-state index in [1.807, 2.05) is 6.07 Å². The van der Waals surface area contributed by atoms with Crippen LogP contribution in [0.4, 0.5) is 4.39 Å². The maximum atomic E-state index is 13.8. The summed E-state index contributed by atoms with van der Waals surface area (Å²) in [6.45, 7) is 1.37. The van der Waals surface area contributed by atoms with Gasteiger partial charge in [0.25, 0.3) is 0 Å². The van der Waals surface area contributed by atoms with Crippen molar-refractivity contribution in [3.63, 3.8) is 0 Å². The molecule has 0 unspecified atom stereocenters. The number of carbonyl (C=O) groups is 1. The van der Waals surface area contributed by atoms with E-state index in [0.29, 0.717) is 36.2 Å². The molecule has 0 bridgehead atoms. The van der Waals surface area contributed by atoms with Crippen LogP contribution in [0.2, 0.25) is 0 Å². The standard InChI is InChI=1S/C13H15FO3S/c14-11-6-9(2-1-3-13(15)16)4-5-12(11)18-10-7-17-8-10/h4-6,10H,1-3,7-8H2,(H,15,16). The van der Waals surface area contributed by atoms with E-state index in [1.54, 1.807) is 6.07 Å². The molecule has 1 N–H and O–H groups in total. The molecule has 3 nitrogen and oxygen atoms in total. The van der Waals surface area contributed by atoms with Crippen molar-refractivity contribution >= 4 is 17.7 Å². The SMILES string of the molecule is O=C(O)CCCc1ccc(SC2COC2)c(F)c1. The van der Waals surface area contributed by atoms with Gasteiger partial charge >= 0.3 is 5.97 Å². The molecule has 0 saturated carbocycles. The Morgan fingerprint density at radius 3 is 2.83 bits per heavy atom. The van der Waals surface area contributed by atoms with Gasteiger partial charge in [-0.15, -0.1) is 11.8 Å². The van der Waals surface area contributed by atoms with Crippen LogP contribution in [-0.2, 0) is 16.0 Å². The second-order valence-electron chi connectivity index (χ2n) is 4.29. The molecule has 0 atom stereocenters. The smallest absolute Gasteiger partial charge is 0.303 e. The van der Waals surface area contributed by atoms with Gasteiger partial charge in [0, 0.05) is 11.3 Å². The summed E-state index contributed by atoms with van der Waals surface area (Å²) in [4.78, 5) is 11.0. The van der Waals surface area contributed by atoms with Gasteiger partial charge in [-0.25, -0.2) is 4.39 Å². The number of rotatable bonds is 6. The predicted molar refractivity (Wildman–Crippen MR) is 67.4 cm³/mol. The number of hydrogen-bond acceptors (Lipinski definition) is 3. The summed E-state index contributed by atoms with van der Waals surface area (Å²) >= 11 is 1.50. The van der Waals surface area contributed by atoms with Gasteiger partial charge in [-0.05, 0) is 30.5 Å². The molecule has 1 fully saturated rings. The summed E-state index contributed by atoms with van der Waals surface area (Å²) in [5.74, 6) is -1.03. The van der Waals surface area contributed by atoms with E-state index in [1.165, 1.54) is 17.8 Å². The first-order valence-electron chi connectivity index (χ1n) is 5.90. The lowest BCUT2D eigenvalue weighted by Gasteiger charge is -2.25. The number of benzene rings is 1. The van der Waals surface area contributed by atoms with E-state index in [9.17, 15) is 9.18 Å². The number of carboxylic acid groups (broad SMARTS) is 1. The molecule has 18 heavy (non-hydrogen) atoms. The Hall–Kier alpha value is -1.07. The summed E-state index contributed by atoms with van der Waals surface area (Å²) in [6, 6.07) is 5.14. The van der Waals surface area contributed by atoms with Gasteiger partial charge < -0.3 is 9.84 Å². The van der Waals surface area contributed by atoms with Crippen molar-refractivity contribution < 1.29 is 19.0 Å². The molecule has 2 rings (SSSR count). The van der Waals surface area contributed by atoms with Crippen molar-refractivity contribution in [2.24, 2.45) is 0 Å². The number of ether oxygens (including phenoxy) is 1. The Balaban J connectivity index is 1.89. The Labute approximate surface area is 109 Å². The average Bonchev–Trinajstić information content (AvgIpc) is 2.25. The van der Waals surface area contributed by atoms with E-state index < -0.39 is 5.97 Å². The van der Waals surface area contributed by atoms with Crippen LogP contribution in [0.3, 0.4) is 0 Å². The van der Waals surface area contributed by atoms with Crippen LogP contribution >= 0.6 is 11.8 Å². The summed E-state index contributed by atoms with van der Waals surface area (Å²) in [7, 11) is 0. The maximum Gasteiger partial charge on any atom is 0.303 e. The Bertz CT molecular complexity index is 432. The predicted octanol–water partition coefficient (Wildman–Crippen LogP) is 2.72. The molecule has 0 aliphatic carbocycles. The summed E-state index contributed by atoms with van der Waals surface area (Å²) in [5.41, 5.74) is 0.850. The van der Waals surface area contributed by atoms with E-state index >= 15 is 0 Å². The fraction of sp³-hybridized carbons (Fsp3) is 0.462. The number of hydrogen-bond donors (Lipinski definition) is 1. The lowest BCUT2D eigenvalue weighted by Crippen LogP contribution is -2.30. The minimum absolute atomic E-state index is 0.123. The third-order valence-corrected chi connectivity index (χ3v) is 3.94. The van der Waals surface area contributed by atoms with Crippen LogP contribution < -0.4 is 0 Å². The molecule has 1 aliphatic heterocycles. The van der Waals surface area contributed by atoms with E-state index in [2.05, 4.69) is 0 Å². The second-order valence-corrected chi connectivity index (χ2v) is 5.63. The summed E-state index contributed by atoms with van der Waals surface area (Å²) < 4.78 is 18.8. The molecule has 1 heterocycles. The van der Waals surface area contributed by atoms with Crippen LogP contribution in [0.25, 0.3) is 0 Å². The first-order valence-corrected chi connectivity index (χ1v) is 6.78. The molecule has 0 radical (unpaired) electrons.